The minimum atomic E-state index is -0.592. The molecule has 0 bridgehead atoms. The Bertz CT molecular complexity index is 1360. The number of anilines is 2. The topological polar surface area (TPSA) is 141 Å². The number of benzene rings is 1. The zero-order valence-electron chi connectivity index (χ0n) is 18.1. The molecule has 2 aromatic heterocycles. The summed E-state index contributed by atoms with van der Waals surface area (Å²) in [6.45, 7) is 0.782. The van der Waals surface area contributed by atoms with Crippen molar-refractivity contribution >= 4 is 34.7 Å². The standard InChI is InChI=1S/C21H20FN7O5/c1-28-17(31)8-24-14-3-2-13(22)12(18(14)28)4-5-23-6-11-9-29(21(32)34-11)15-7-25-20-19(26-15)27-16(30)10-33-20/h2-3,7-8,11,23H,4-6,9-10H2,1H3,(H,26,27,30)/t11-/m0/s1. The van der Waals surface area contributed by atoms with Crippen LogP contribution in [0.2, 0.25) is 0 Å². The van der Waals surface area contributed by atoms with Crippen molar-refractivity contribution in [2.75, 3.05) is 36.5 Å². The number of cyclic esters (lactones) is 1. The molecule has 1 fully saturated rings. The van der Waals surface area contributed by atoms with E-state index in [-0.39, 0.29) is 42.1 Å². The zero-order chi connectivity index (χ0) is 23.8. The smallest absolute Gasteiger partial charge is 0.416 e. The summed E-state index contributed by atoms with van der Waals surface area (Å²) in [5, 5.41) is 5.71. The van der Waals surface area contributed by atoms with E-state index in [4.69, 9.17) is 9.47 Å². The lowest BCUT2D eigenvalue weighted by molar-refractivity contribution is -0.118. The summed E-state index contributed by atoms with van der Waals surface area (Å²) in [4.78, 5) is 49.5. The van der Waals surface area contributed by atoms with Crippen LogP contribution in [-0.4, -0.2) is 63.9 Å². The average molecular weight is 469 g/mol. The van der Waals surface area contributed by atoms with Crippen LogP contribution in [0.15, 0.2) is 29.3 Å². The number of nitrogens with zero attached hydrogens (tertiary/aromatic N) is 5. The highest BCUT2D eigenvalue weighted by atomic mass is 19.1. The molecular weight excluding hydrogens is 449 g/mol. The van der Waals surface area contributed by atoms with Gasteiger partial charge in [0.2, 0.25) is 0 Å². The highest BCUT2D eigenvalue weighted by Crippen LogP contribution is 2.27. The van der Waals surface area contributed by atoms with Crippen molar-refractivity contribution in [3.8, 4) is 5.88 Å². The number of fused-ring (bicyclic) bond motifs is 2. The SMILES string of the molecule is Cn1c(=O)cnc2ccc(F)c(CCNC[C@H]3CN(c4cnc5c(n4)NC(=O)CO5)C(=O)O3)c21. The average Bonchev–Trinajstić information content (AvgIpc) is 3.20. The van der Waals surface area contributed by atoms with Gasteiger partial charge in [-0.1, -0.05) is 0 Å². The predicted octanol–water partition coefficient (Wildman–Crippen LogP) is 0.351. The maximum atomic E-state index is 14.5. The Morgan fingerprint density at radius 3 is 2.94 bits per heavy atom. The third-order valence-electron chi connectivity index (χ3n) is 5.58. The van der Waals surface area contributed by atoms with Crippen LogP contribution in [0, 0.1) is 5.82 Å². The van der Waals surface area contributed by atoms with Gasteiger partial charge >= 0.3 is 6.09 Å². The largest absolute Gasteiger partial charge is 0.465 e. The first-order valence-electron chi connectivity index (χ1n) is 10.5. The minimum absolute atomic E-state index is 0.143. The van der Waals surface area contributed by atoms with Crippen molar-refractivity contribution in [1.82, 2.24) is 24.8 Å². The van der Waals surface area contributed by atoms with Crippen LogP contribution in [0.3, 0.4) is 0 Å². The molecule has 2 aliphatic heterocycles. The van der Waals surface area contributed by atoms with Gasteiger partial charge in [0.1, 0.15) is 11.9 Å². The fourth-order valence-corrected chi connectivity index (χ4v) is 3.92. The molecule has 2 N–H and O–H groups in total. The summed E-state index contributed by atoms with van der Waals surface area (Å²) in [6, 6.07) is 2.87. The van der Waals surface area contributed by atoms with Crippen LogP contribution >= 0.6 is 0 Å². The van der Waals surface area contributed by atoms with Crippen molar-refractivity contribution < 1.29 is 23.5 Å². The van der Waals surface area contributed by atoms with E-state index in [0.717, 1.165) is 0 Å². The fraction of sp³-hybridized carbons (Fsp3) is 0.333. The maximum absolute atomic E-state index is 14.5. The summed E-state index contributed by atoms with van der Waals surface area (Å²) in [6.07, 6.45) is 1.82. The highest BCUT2D eigenvalue weighted by Gasteiger charge is 2.34. The predicted molar refractivity (Wildman–Crippen MR) is 117 cm³/mol. The van der Waals surface area contributed by atoms with Crippen LogP contribution in [0.1, 0.15) is 5.56 Å². The molecule has 2 amide bonds. The molecule has 1 saturated heterocycles. The Kier molecular flexibility index (Phi) is 5.53. The number of amides is 2. The quantitative estimate of drug-likeness (QED) is 0.489. The number of nitrogens with one attached hydrogen (secondary N) is 2. The van der Waals surface area contributed by atoms with E-state index in [0.29, 0.717) is 36.1 Å². The number of carbonyl (C=O) groups excluding carboxylic acids is 2. The first-order valence-corrected chi connectivity index (χ1v) is 10.5. The van der Waals surface area contributed by atoms with Gasteiger partial charge in [-0.15, -0.1) is 0 Å². The number of ether oxygens (including phenoxy) is 2. The number of halogens is 1. The second-order valence-corrected chi connectivity index (χ2v) is 7.84. The monoisotopic (exact) mass is 469 g/mol. The second-order valence-electron chi connectivity index (χ2n) is 7.84. The molecule has 12 nitrogen and oxygen atoms in total. The van der Waals surface area contributed by atoms with Gasteiger partial charge < -0.3 is 24.7 Å². The van der Waals surface area contributed by atoms with Crippen LogP contribution < -0.4 is 25.8 Å². The molecule has 1 atom stereocenters. The van der Waals surface area contributed by atoms with Gasteiger partial charge in [-0.25, -0.2) is 24.1 Å². The van der Waals surface area contributed by atoms with E-state index in [1.54, 1.807) is 7.05 Å². The molecule has 13 heteroatoms. The van der Waals surface area contributed by atoms with Crippen molar-refractivity contribution in [2.45, 2.75) is 12.5 Å². The number of aromatic nitrogens is 4. The summed E-state index contributed by atoms with van der Waals surface area (Å²) < 4.78 is 26.4. The van der Waals surface area contributed by atoms with Crippen molar-refractivity contribution in [3.63, 3.8) is 0 Å². The van der Waals surface area contributed by atoms with Crippen LogP contribution in [-0.2, 0) is 23.0 Å². The summed E-state index contributed by atoms with van der Waals surface area (Å²) in [5.41, 5.74) is 1.06. The number of carbonyl (C=O) groups is 2. The zero-order valence-corrected chi connectivity index (χ0v) is 18.1. The Balaban J connectivity index is 1.21. The molecule has 3 aromatic rings. The maximum Gasteiger partial charge on any atom is 0.416 e. The first-order chi connectivity index (χ1) is 16.4. The lowest BCUT2D eigenvalue weighted by Crippen LogP contribution is -2.33. The molecule has 5 rings (SSSR count). The van der Waals surface area contributed by atoms with Gasteiger partial charge in [-0.3, -0.25) is 14.5 Å². The van der Waals surface area contributed by atoms with E-state index in [1.165, 1.54) is 34.0 Å². The molecule has 1 aromatic carbocycles. The Morgan fingerprint density at radius 2 is 2.09 bits per heavy atom. The first kappa shape index (κ1) is 21.7. The summed E-state index contributed by atoms with van der Waals surface area (Å²) in [5.74, 6) is -0.226. The van der Waals surface area contributed by atoms with Crippen molar-refractivity contribution in [2.24, 2.45) is 7.05 Å². The van der Waals surface area contributed by atoms with Crippen LogP contribution in [0.5, 0.6) is 5.88 Å². The second kappa shape index (κ2) is 8.67. The van der Waals surface area contributed by atoms with Gasteiger partial charge in [-0.05, 0) is 25.1 Å². The van der Waals surface area contributed by atoms with Gasteiger partial charge in [0.15, 0.2) is 18.2 Å². The van der Waals surface area contributed by atoms with Crippen molar-refractivity contribution in [1.29, 1.82) is 0 Å². The molecule has 0 radical (unpaired) electrons. The fourth-order valence-electron chi connectivity index (χ4n) is 3.92. The van der Waals surface area contributed by atoms with E-state index in [9.17, 15) is 18.8 Å². The van der Waals surface area contributed by atoms with Gasteiger partial charge in [0.05, 0.1) is 30.0 Å². The van der Waals surface area contributed by atoms with Gasteiger partial charge in [0.25, 0.3) is 17.3 Å². The van der Waals surface area contributed by atoms with Gasteiger partial charge in [-0.2, -0.15) is 0 Å². The summed E-state index contributed by atoms with van der Waals surface area (Å²) in [7, 11) is 1.58. The highest BCUT2D eigenvalue weighted by molar-refractivity contribution is 5.94. The third-order valence-corrected chi connectivity index (χ3v) is 5.58. The number of hydrogen-bond donors (Lipinski definition) is 2. The molecule has 2 aliphatic rings. The Hall–Kier alpha value is -4.13. The molecule has 176 valence electrons. The minimum Gasteiger partial charge on any atom is -0.465 e. The lowest BCUT2D eigenvalue weighted by Gasteiger charge is -2.18. The van der Waals surface area contributed by atoms with Crippen LogP contribution in [0.25, 0.3) is 11.0 Å². The molecule has 4 heterocycles. The van der Waals surface area contributed by atoms with E-state index in [2.05, 4.69) is 25.6 Å². The van der Waals surface area contributed by atoms with Gasteiger partial charge in [0, 0.05) is 19.2 Å². The molecule has 34 heavy (non-hydrogen) atoms. The van der Waals surface area contributed by atoms with Crippen LogP contribution in [0.4, 0.5) is 20.8 Å². The van der Waals surface area contributed by atoms with Crippen molar-refractivity contribution in [3.05, 3.63) is 46.3 Å². The molecule has 0 saturated carbocycles. The molecule has 0 spiro atoms. The number of rotatable bonds is 6. The third kappa shape index (κ3) is 4.01. The Morgan fingerprint density at radius 1 is 1.24 bits per heavy atom. The number of hydrogen-bond acceptors (Lipinski definition) is 9. The number of aryl methyl sites for hydroxylation is 1. The molecular formula is C21H20FN7O5. The lowest BCUT2D eigenvalue weighted by atomic mass is 10.1. The van der Waals surface area contributed by atoms with E-state index in [1.807, 2.05) is 0 Å². The van der Waals surface area contributed by atoms with E-state index < -0.39 is 18.0 Å². The normalized spacial score (nSPS) is 17.4. The Labute approximate surface area is 191 Å². The van der Waals surface area contributed by atoms with E-state index >= 15 is 0 Å². The summed E-state index contributed by atoms with van der Waals surface area (Å²) >= 11 is 0. The molecule has 0 unspecified atom stereocenters. The molecule has 0 aliphatic carbocycles.